The average molecular weight is 479 g/mol. The average Bonchev–Trinajstić information content (AvgIpc) is 3.24. The molecule has 8 nitrogen and oxygen atoms in total. The van der Waals surface area contributed by atoms with Crippen LogP contribution in [0.5, 0.6) is 0 Å². The molecule has 0 bridgehead atoms. The molecular weight excluding hydrogens is 440 g/mol. The van der Waals surface area contributed by atoms with Gasteiger partial charge >= 0.3 is 0 Å². The van der Waals surface area contributed by atoms with Crippen LogP contribution < -0.4 is 11.1 Å². The molecule has 3 N–H and O–H groups in total. The Labute approximate surface area is 207 Å². The number of ether oxygens (including phenoxy) is 2. The summed E-state index contributed by atoms with van der Waals surface area (Å²) in [6, 6.07) is 11.7. The van der Waals surface area contributed by atoms with Crippen molar-refractivity contribution in [1.29, 1.82) is 0 Å². The Morgan fingerprint density at radius 3 is 2.60 bits per heavy atom. The zero-order valence-electron chi connectivity index (χ0n) is 20.9. The van der Waals surface area contributed by atoms with Crippen molar-refractivity contribution in [3.05, 3.63) is 47.8 Å². The molecule has 2 aromatic heterocycles. The summed E-state index contributed by atoms with van der Waals surface area (Å²) >= 11 is 0. The van der Waals surface area contributed by atoms with E-state index in [0.717, 1.165) is 64.0 Å². The predicted octanol–water partition coefficient (Wildman–Crippen LogP) is 3.66. The molecule has 5 rings (SSSR count). The summed E-state index contributed by atoms with van der Waals surface area (Å²) in [6.45, 7) is 7.28. The summed E-state index contributed by atoms with van der Waals surface area (Å²) in [6.07, 6.45) is 6.26. The number of nitrogens with two attached hydrogens (primary N) is 1. The minimum Gasteiger partial charge on any atom is -0.383 e. The number of nitrogens with zero attached hydrogens (tertiary/aromatic N) is 4. The Bertz CT molecular complexity index is 1100. The number of anilines is 1. The van der Waals surface area contributed by atoms with E-state index in [-0.39, 0.29) is 6.04 Å². The number of morpholine rings is 1. The molecule has 3 heterocycles. The van der Waals surface area contributed by atoms with Gasteiger partial charge in [0.05, 0.1) is 31.5 Å². The third-order valence-corrected chi connectivity index (χ3v) is 7.30. The Morgan fingerprint density at radius 2 is 1.89 bits per heavy atom. The highest BCUT2D eigenvalue weighted by Gasteiger charge is 2.25. The minimum absolute atomic E-state index is 0.127. The van der Waals surface area contributed by atoms with Gasteiger partial charge in [-0.3, -0.25) is 4.90 Å². The van der Waals surface area contributed by atoms with Crippen molar-refractivity contribution >= 4 is 11.5 Å². The molecule has 8 heteroatoms. The van der Waals surface area contributed by atoms with Gasteiger partial charge in [0.25, 0.3) is 0 Å². The fraction of sp³-hybridized carbons (Fsp3) is 0.556. The first kappa shape index (κ1) is 24.2. The Hall–Kier alpha value is -2.52. The molecule has 2 fully saturated rings. The van der Waals surface area contributed by atoms with Gasteiger partial charge in [-0.25, -0.2) is 9.50 Å². The van der Waals surface area contributed by atoms with Crippen LogP contribution in [0.4, 0.5) is 5.95 Å². The van der Waals surface area contributed by atoms with E-state index in [0.29, 0.717) is 24.5 Å². The zero-order chi connectivity index (χ0) is 24.2. The van der Waals surface area contributed by atoms with Gasteiger partial charge in [-0.2, -0.15) is 0 Å². The highest BCUT2D eigenvalue weighted by atomic mass is 16.5. The summed E-state index contributed by atoms with van der Waals surface area (Å²) < 4.78 is 12.9. The molecule has 1 aliphatic carbocycles. The van der Waals surface area contributed by atoms with Crippen molar-refractivity contribution in [2.24, 2.45) is 5.73 Å². The number of fused-ring (bicyclic) bond motifs is 1. The van der Waals surface area contributed by atoms with E-state index in [4.69, 9.17) is 20.3 Å². The molecule has 0 radical (unpaired) electrons. The molecule has 2 aliphatic rings. The lowest BCUT2D eigenvalue weighted by Crippen LogP contribution is -2.35. The quantitative estimate of drug-likeness (QED) is 0.511. The van der Waals surface area contributed by atoms with Crippen LogP contribution in [-0.4, -0.2) is 71.6 Å². The van der Waals surface area contributed by atoms with E-state index in [2.05, 4.69) is 57.0 Å². The van der Waals surface area contributed by atoms with E-state index >= 15 is 0 Å². The van der Waals surface area contributed by atoms with Crippen LogP contribution in [0.1, 0.15) is 49.8 Å². The SMILES string of the molecule is COCC(C)Nc1ncc2c(-c3ccc(CN4CCOCC4)cc3)cc(C3CCC(N)CC3)n2n1. The van der Waals surface area contributed by atoms with Gasteiger partial charge in [0.15, 0.2) is 0 Å². The summed E-state index contributed by atoms with van der Waals surface area (Å²) in [7, 11) is 1.71. The van der Waals surface area contributed by atoms with Crippen molar-refractivity contribution < 1.29 is 9.47 Å². The molecule has 1 atom stereocenters. The molecule has 1 saturated carbocycles. The maximum atomic E-state index is 6.21. The molecular formula is C27H38N6O2. The standard InChI is InChI=1S/C27H38N6O2/c1-19(18-34-2)30-27-29-16-26-24(15-25(33(26)31-27)22-7-9-23(28)10-8-22)21-5-3-20(4-6-21)17-32-11-13-35-14-12-32/h3-6,15-16,19,22-23H,7-14,17-18,28H2,1-2H3,(H,30,31). The van der Waals surface area contributed by atoms with Gasteiger partial charge in [-0.15, -0.1) is 5.10 Å². The van der Waals surface area contributed by atoms with Crippen LogP contribution >= 0.6 is 0 Å². The molecule has 0 spiro atoms. The summed E-state index contributed by atoms with van der Waals surface area (Å²) in [5.74, 6) is 1.08. The minimum atomic E-state index is 0.127. The summed E-state index contributed by atoms with van der Waals surface area (Å²) in [5.41, 5.74) is 12.2. The normalized spacial score (nSPS) is 22.4. The van der Waals surface area contributed by atoms with Crippen molar-refractivity contribution in [3.8, 4) is 11.1 Å². The van der Waals surface area contributed by atoms with Gasteiger partial charge in [0.1, 0.15) is 0 Å². The second-order valence-electron chi connectivity index (χ2n) is 10.1. The highest BCUT2D eigenvalue weighted by Crippen LogP contribution is 2.37. The second-order valence-corrected chi connectivity index (χ2v) is 10.1. The third kappa shape index (κ3) is 5.67. The largest absolute Gasteiger partial charge is 0.383 e. The van der Waals surface area contributed by atoms with Gasteiger partial charge in [-0.05, 0) is 49.8 Å². The number of hydrogen-bond donors (Lipinski definition) is 2. The first-order valence-electron chi connectivity index (χ1n) is 12.9. The van der Waals surface area contributed by atoms with Crippen molar-refractivity contribution in [2.75, 3.05) is 45.3 Å². The number of benzene rings is 1. The van der Waals surface area contributed by atoms with E-state index in [1.54, 1.807) is 7.11 Å². The van der Waals surface area contributed by atoms with E-state index < -0.39 is 0 Å². The molecule has 1 unspecified atom stereocenters. The van der Waals surface area contributed by atoms with Crippen LogP contribution in [0, 0.1) is 0 Å². The zero-order valence-corrected chi connectivity index (χ0v) is 20.9. The maximum Gasteiger partial charge on any atom is 0.241 e. The van der Waals surface area contributed by atoms with Crippen LogP contribution in [0.15, 0.2) is 36.5 Å². The smallest absolute Gasteiger partial charge is 0.241 e. The number of hydrogen-bond acceptors (Lipinski definition) is 7. The first-order chi connectivity index (χ1) is 17.1. The number of nitrogens with one attached hydrogen (secondary N) is 1. The van der Waals surface area contributed by atoms with Gasteiger partial charge in [0, 0.05) is 56.0 Å². The lowest BCUT2D eigenvalue weighted by Gasteiger charge is -2.26. The molecule has 3 aromatic rings. The van der Waals surface area contributed by atoms with Gasteiger partial charge in [-0.1, -0.05) is 24.3 Å². The highest BCUT2D eigenvalue weighted by molar-refractivity contribution is 5.81. The molecule has 1 aromatic carbocycles. The molecule has 1 saturated heterocycles. The maximum absolute atomic E-state index is 6.21. The van der Waals surface area contributed by atoms with Crippen LogP contribution in [0.25, 0.3) is 16.6 Å². The van der Waals surface area contributed by atoms with Gasteiger partial charge in [0.2, 0.25) is 5.95 Å². The topological polar surface area (TPSA) is 89.9 Å². The molecule has 188 valence electrons. The number of aromatic nitrogens is 3. The van der Waals surface area contributed by atoms with Crippen molar-refractivity contribution in [3.63, 3.8) is 0 Å². The third-order valence-electron chi connectivity index (χ3n) is 7.30. The number of methoxy groups -OCH3 is 1. The Balaban J connectivity index is 1.45. The molecule has 35 heavy (non-hydrogen) atoms. The lowest BCUT2D eigenvalue weighted by molar-refractivity contribution is 0.0342. The summed E-state index contributed by atoms with van der Waals surface area (Å²) in [5, 5.41) is 8.29. The fourth-order valence-electron chi connectivity index (χ4n) is 5.34. The van der Waals surface area contributed by atoms with E-state index in [1.807, 2.05) is 6.20 Å². The number of rotatable bonds is 8. The van der Waals surface area contributed by atoms with E-state index in [9.17, 15) is 0 Å². The Morgan fingerprint density at radius 1 is 1.14 bits per heavy atom. The monoisotopic (exact) mass is 478 g/mol. The molecule has 0 amide bonds. The van der Waals surface area contributed by atoms with Crippen LogP contribution in [-0.2, 0) is 16.0 Å². The van der Waals surface area contributed by atoms with Crippen LogP contribution in [0.3, 0.4) is 0 Å². The lowest BCUT2D eigenvalue weighted by atomic mass is 9.84. The van der Waals surface area contributed by atoms with Crippen molar-refractivity contribution in [1.82, 2.24) is 19.5 Å². The predicted molar refractivity (Wildman–Crippen MR) is 139 cm³/mol. The van der Waals surface area contributed by atoms with Crippen LogP contribution in [0.2, 0.25) is 0 Å². The molecule has 1 aliphatic heterocycles. The first-order valence-corrected chi connectivity index (χ1v) is 12.9. The fourth-order valence-corrected chi connectivity index (χ4v) is 5.34. The van der Waals surface area contributed by atoms with Gasteiger partial charge < -0.3 is 20.5 Å². The summed E-state index contributed by atoms with van der Waals surface area (Å²) in [4.78, 5) is 7.09. The van der Waals surface area contributed by atoms with E-state index in [1.165, 1.54) is 22.4 Å². The second kappa shape index (κ2) is 11.0. The Kier molecular flexibility index (Phi) is 7.63. The van der Waals surface area contributed by atoms with Crippen molar-refractivity contribution in [2.45, 2.75) is 57.2 Å².